The second kappa shape index (κ2) is 3.88. The summed E-state index contributed by atoms with van der Waals surface area (Å²) < 4.78 is 2.01. The summed E-state index contributed by atoms with van der Waals surface area (Å²) in [6, 6.07) is 0. The van der Waals surface area contributed by atoms with E-state index in [1.165, 1.54) is 12.0 Å². The summed E-state index contributed by atoms with van der Waals surface area (Å²) in [6.45, 7) is 7.76. The van der Waals surface area contributed by atoms with Crippen molar-refractivity contribution in [2.24, 2.45) is 11.1 Å². The Bertz CT molecular complexity index is 367. The zero-order chi connectivity index (χ0) is 11.8. The fourth-order valence-electron chi connectivity index (χ4n) is 2.81. The molecular formula is C13H23N3. The van der Waals surface area contributed by atoms with Gasteiger partial charge in [0.1, 0.15) is 0 Å². The monoisotopic (exact) mass is 221 g/mol. The van der Waals surface area contributed by atoms with Gasteiger partial charge in [0.05, 0.1) is 6.20 Å². The smallest absolute Gasteiger partial charge is 0.0540 e. The minimum Gasteiger partial charge on any atom is -0.321 e. The van der Waals surface area contributed by atoms with Crippen molar-refractivity contribution in [2.75, 3.05) is 0 Å². The first-order chi connectivity index (χ1) is 7.45. The van der Waals surface area contributed by atoms with Crippen molar-refractivity contribution in [3.05, 3.63) is 18.0 Å². The first-order valence-corrected chi connectivity index (χ1v) is 6.27. The van der Waals surface area contributed by atoms with Gasteiger partial charge in [0, 0.05) is 23.8 Å². The average Bonchev–Trinajstić information content (AvgIpc) is 2.73. The molecular weight excluding hydrogens is 198 g/mol. The highest BCUT2D eigenvalue weighted by Gasteiger charge is 2.42. The van der Waals surface area contributed by atoms with Crippen LogP contribution in [0.15, 0.2) is 12.4 Å². The third-order valence-electron chi connectivity index (χ3n) is 3.70. The van der Waals surface area contributed by atoms with Crippen LogP contribution in [0.2, 0.25) is 0 Å². The van der Waals surface area contributed by atoms with Crippen LogP contribution in [0, 0.1) is 5.41 Å². The van der Waals surface area contributed by atoms with Gasteiger partial charge in [-0.1, -0.05) is 20.8 Å². The number of nitrogens with two attached hydrogens (primary N) is 1. The molecule has 1 aromatic heterocycles. The molecule has 3 nitrogen and oxygen atoms in total. The first-order valence-electron chi connectivity index (χ1n) is 6.27. The summed E-state index contributed by atoms with van der Waals surface area (Å²) in [5.41, 5.74) is 7.96. The molecule has 90 valence electrons. The molecule has 16 heavy (non-hydrogen) atoms. The van der Waals surface area contributed by atoms with Crippen molar-refractivity contribution in [1.29, 1.82) is 0 Å². The van der Waals surface area contributed by atoms with Crippen LogP contribution in [0.3, 0.4) is 0 Å². The van der Waals surface area contributed by atoms with Gasteiger partial charge in [-0.3, -0.25) is 4.68 Å². The van der Waals surface area contributed by atoms with E-state index in [2.05, 4.69) is 32.1 Å². The lowest BCUT2D eigenvalue weighted by Crippen LogP contribution is -2.34. The molecule has 1 heterocycles. The molecule has 1 unspecified atom stereocenters. The van der Waals surface area contributed by atoms with Crippen LogP contribution in [0.1, 0.15) is 52.0 Å². The molecule has 1 aliphatic rings. The maximum absolute atomic E-state index is 6.51. The molecule has 1 aliphatic carbocycles. The van der Waals surface area contributed by atoms with Gasteiger partial charge in [-0.05, 0) is 31.1 Å². The van der Waals surface area contributed by atoms with Gasteiger partial charge in [0.2, 0.25) is 0 Å². The van der Waals surface area contributed by atoms with E-state index in [9.17, 15) is 0 Å². The van der Waals surface area contributed by atoms with Crippen LogP contribution in [-0.4, -0.2) is 9.78 Å². The number of nitrogens with zero attached hydrogens (tertiary/aromatic N) is 2. The van der Waals surface area contributed by atoms with E-state index in [0.29, 0.717) is 5.41 Å². The van der Waals surface area contributed by atoms with Crippen molar-refractivity contribution in [3.8, 4) is 0 Å². The van der Waals surface area contributed by atoms with Crippen molar-refractivity contribution >= 4 is 0 Å². The van der Waals surface area contributed by atoms with Crippen LogP contribution in [0.25, 0.3) is 0 Å². The van der Waals surface area contributed by atoms with Crippen LogP contribution in [-0.2, 0) is 12.1 Å². The summed E-state index contributed by atoms with van der Waals surface area (Å²) in [4.78, 5) is 0. The zero-order valence-electron chi connectivity index (χ0n) is 10.7. The first kappa shape index (κ1) is 11.6. The Labute approximate surface area is 98.0 Å². The molecule has 3 heteroatoms. The third-order valence-corrected chi connectivity index (χ3v) is 3.70. The fraction of sp³-hybridized carbons (Fsp3) is 0.769. The molecule has 0 amide bonds. The van der Waals surface area contributed by atoms with E-state index in [-0.39, 0.29) is 5.54 Å². The number of rotatable bonds is 3. The van der Waals surface area contributed by atoms with Crippen LogP contribution in [0.4, 0.5) is 0 Å². The highest BCUT2D eigenvalue weighted by atomic mass is 15.3. The Morgan fingerprint density at radius 1 is 1.44 bits per heavy atom. The summed E-state index contributed by atoms with van der Waals surface area (Å²) in [7, 11) is 0. The van der Waals surface area contributed by atoms with Crippen molar-refractivity contribution in [3.63, 3.8) is 0 Å². The molecule has 0 aliphatic heterocycles. The van der Waals surface area contributed by atoms with Crippen molar-refractivity contribution < 1.29 is 0 Å². The third kappa shape index (κ3) is 2.14. The Kier molecular flexibility index (Phi) is 2.82. The SMILES string of the molecule is CCCn1cc(C2(N)CCC(C)(C)C2)cn1. The Balaban J connectivity index is 2.17. The number of aromatic nitrogens is 2. The maximum atomic E-state index is 6.51. The Morgan fingerprint density at radius 2 is 2.19 bits per heavy atom. The quantitative estimate of drug-likeness (QED) is 0.852. The molecule has 1 fully saturated rings. The second-order valence-corrected chi connectivity index (χ2v) is 5.99. The van der Waals surface area contributed by atoms with E-state index >= 15 is 0 Å². The van der Waals surface area contributed by atoms with Crippen LogP contribution in [0.5, 0.6) is 0 Å². The second-order valence-electron chi connectivity index (χ2n) is 5.99. The van der Waals surface area contributed by atoms with E-state index in [1.54, 1.807) is 0 Å². The highest BCUT2D eigenvalue weighted by Crippen LogP contribution is 2.47. The normalized spacial score (nSPS) is 28.5. The highest BCUT2D eigenvalue weighted by molar-refractivity contribution is 5.20. The topological polar surface area (TPSA) is 43.8 Å². The van der Waals surface area contributed by atoms with E-state index in [0.717, 1.165) is 25.8 Å². The van der Waals surface area contributed by atoms with Crippen LogP contribution >= 0.6 is 0 Å². The van der Waals surface area contributed by atoms with Gasteiger partial charge in [-0.2, -0.15) is 5.10 Å². The van der Waals surface area contributed by atoms with E-state index in [4.69, 9.17) is 5.73 Å². The van der Waals surface area contributed by atoms with Gasteiger partial charge in [0.25, 0.3) is 0 Å². The van der Waals surface area contributed by atoms with Crippen LogP contribution < -0.4 is 5.73 Å². The largest absolute Gasteiger partial charge is 0.321 e. The van der Waals surface area contributed by atoms with Crippen molar-refractivity contribution in [1.82, 2.24) is 9.78 Å². The summed E-state index contributed by atoms with van der Waals surface area (Å²) in [5.74, 6) is 0. The van der Waals surface area contributed by atoms with Gasteiger partial charge in [-0.25, -0.2) is 0 Å². The van der Waals surface area contributed by atoms with Gasteiger partial charge in [-0.15, -0.1) is 0 Å². The predicted octanol–water partition coefficient (Wildman–Crippen LogP) is 2.66. The zero-order valence-corrected chi connectivity index (χ0v) is 10.7. The summed E-state index contributed by atoms with van der Waals surface area (Å²) in [6.07, 6.45) is 8.56. The number of hydrogen-bond acceptors (Lipinski definition) is 2. The summed E-state index contributed by atoms with van der Waals surface area (Å²) >= 11 is 0. The minimum atomic E-state index is -0.143. The van der Waals surface area contributed by atoms with Gasteiger partial charge >= 0.3 is 0 Å². The van der Waals surface area contributed by atoms with Crippen molar-refractivity contribution in [2.45, 2.75) is 58.5 Å². The minimum absolute atomic E-state index is 0.143. The molecule has 0 aromatic carbocycles. The Hall–Kier alpha value is -0.830. The molecule has 1 saturated carbocycles. The standard InChI is InChI=1S/C13H23N3/c1-4-7-16-9-11(8-15-16)13(14)6-5-12(2,3)10-13/h8-9H,4-7,10,14H2,1-3H3. The maximum Gasteiger partial charge on any atom is 0.0540 e. The number of hydrogen-bond donors (Lipinski definition) is 1. The van der Waals surface area contributed by atoms with Gasteiger partial charge < -0.3 is 5.73 Å². The molecule has 2 rings (SSSR count). The molecule has 2 N–H and O–H groups in total. The predicted molar refractivity (Wildman–Crippen MR) is 66.0 cm³/mol. The fourth-order valence-corrected chi connectivity index (χ4v) is 2.81. The molecule has 0 bridgehead atoms. The lowest BCUT2D eigenvalue weighted by molar-refractivity contribution is 0.339. The lowest BCUT2D eigenvalue weighted by atomic mass is 9.85. The van der Waals surface area contributed by atoms with E-state index < -0.39 is 0 Å². The summed E-state index contributed by atoms with van der Waals surface area (Å²) in [5, 5.41) is 4.38. The molecule has 0 saturated heterocycles. The van der Waals surface area contributed by atoms with Gasteiger partial charge in [0.15, 0.2) is 0 Å². The molecule has 1 atom stereocenters. The molecule has 1 aromatic rings. The number of aryl methyl sites for hydroxylation is 1. The van der Waals surface area contributed by atoms with E-state index in [1.807, 2.05) is 10.9 Å². The molecule has 0 radical (unpaired) electrons. The Morgan fingerprint density at radius 3 is 2.75 bits per heavy atom. The lowest BCUT2D eigenvalue weighted by Gasteiger charge is -2.25. The average molecular weight is 221 g/mol. The molecule has 0 spiro atoms.